The first-order valence-electron chi connectivity index (χ1n) is 6.98. The Morgan fingerprint density at radius 1 is 1.20 bits per heavy atom. The summed E-state index contributed by atoms with van der Waals surface area (Å²) in [5, 5.41) is 4.86. The molecule has 1 N–H and O–H groups in total. The average molecular weight is 268 g/mol. The monoisotopic (exact) mass is 268 g/mol. The molecule has 20 heavy (non-hydrogen) atoms. The number of hydrogen-bond acceptors (Lipinski definition) is 2. The zero-order valence-electron chi connectivity index (χ0n) is 12.2. The van der Waals surface area contributed by atoms with Crippen LogP contribution in [0.15, 0.2) is 47.1 Å². The van der Waals surface area contributed by atoms with Gasteiger partial charge in [0.15, 0.2) is 0 Å². The van der Waals surface area contributed by atoms with Gasteiger partial charge in [0, 0.05) is 30.2 Å². The van der Waals surface area contributed by atoms with Crippen LogP contribution in [0.4, 0.5) is 0 Å². The Labute approximate surface area is 119 Å². The first-order chi connectivity index (χ1) is 9.68. The molecule has 0 aliphatic heterocycles. The molecule has 0 fully saturated rings. The van der Waals surface area contributed by atoms with Gasteiger partial charge in [-0.15, -0.1) is 0 Å². The van der Waals surface area contributed by atoms with Gasteiger partial charge in [0.25, 0.3) is 0 Å². The first kappa shape index (κ1) is 13.0. The number of furan rings is 1. The SMILES string of the molecule is Cc1c(CN[C@H](C)c2ccco2)n(C)c2ccccc12. The maximum Gasteiger partial charge on any atom is 0.120 e. The predicted octanol–water partition coefficient (Wildman–Crippen LogP) is 3.93. The predicted molar refractivity (Wildman–Crippen MR) is 81.6 cm³/mol. The second-order valence-corrected chi connectivity index (χ2v) is 5.27. The van der Waals surface area contributed by atoms with E-state index in [-0.39, 0.29) is 6.04 Å². The van der Waals surface area contributed by atoms with E-state index in [9.17, 15) is 0 Å². The van der Waals surface area contributed by atoms with Crippen LogP contribution in [0.5, 0.6) is 0 Å². The summed E-state index contributed by atoms with van der Waals surface area (Å²) >= 11 is 0. The van der Waals surface area contributed by atoms with Gasteiger partial charge in [-0.3, -0.25) is 0 Å². The second kappa shape index (κ2) is 5.17. The Balaban J connectivity index is 1.84. The van der Waals surface area contributed by atoms with Crippen LogP contribution in [0.1, 0.15) is 30.0 Å². The standard InChI is InChI=1S/C17H20N2O/c1-12-14-7-4-5-8-15(14)19(3)16(12)11-18-13(2)17-9-6-10-20-17/h4-10,13,18H,11H2,1-3H3/t13-/m1/s1. The highest BCUT2D eigenvalue weighted by Crippen LogP contribution is 2.25. The first-order valence-corrected chi connectivity index (χ1v) is 6.98. The fraction of sp³-hybridized carbons (Fsp3) is 0.294. The molecule has 104 valence electrons. The summed E-state index contributed by atoms with van der Waals surface area (Å²) < 4.78 is 7.70. The van der Waals surface area contributed by atoms with Crippen molar-refractivity contribution in [3.05, 3.63) is 59.7 Å². The van der Waals surface area contributed by atoms with E-state index in [0.717, 1.165) is 12.3 Å². The molecule has 0 saturated heterocycles. The van der Waals surface area contributed by atoms with Crippen molar-refractivity contribution in [2.75, 3.05) is 0 Å². The Kier molecular flexibility index (Phi) is 3.36. The minimum absolute atomic E-state index is 0.211. The van der Waals surface area contributed by atoms with E-state index < -0.39 is 0 Å². The molecule has 3 heteroatoms. The van der Waals surface area contributed by atoms with E-state index in [0.29, 0.717) is 0 Å². The van der Waals surface area contributed by atoms with Crippen molar-refractivity contribution < 1.29 is 4.42 Å². The lowest BCUT2D eigenvalue weighted by Gasteiger charge is -2.13. The lowest BCUT2D eigenvalue weighted by atomic mass is 10.1. The van der Waals surface area contributed by atoms with Crippen molar-refractivity contribution in [1.82, 2.24) is 9.88 Å². The number of benzene rings is 1. The van der Waals surface area contributed by atoms with Gasteiger partial charge in [0.2, 0.25) is 0 Å². The topological polar surface area (TPSA) is 30.1 Å². The third-order valence-corrected chi connectivity index (χ3v) is 4.05. The molecule has 2 aromatic heterocycles. The Morgan fingerprint density at radius 3 is 2.70 bits per heavy atom. The molecule has 1 aromatic carbocycles. The van der Waals surface area contributed by atoms with Gasteiger partial charge in [0.1, 0.15) is 5.76 Å². The minimum atomic E-state index is 0.211. The molecule has 1 atom stereocenters. The maximum atomic E-state index is 5.43. The van der Waals surface area contributed by atoms with Gasteiger partial charge in [-0.1, -0.05) is 18.2 Å². The number of rotatable bonds is 4. The molecule has 2 heterocycles. The Morgan fingerprint density at radius 2 is 2.00 bits per heavy atom. The maximum absolute atomic E-state index is 5.43. The van der Waals surface area contributed by atoms with Crippen LogP contribution < -0.4 is 5.32 Å². The van der Waals surface area contributed by atoms with Gasteiger partial charge in [-0.05, 0) is 37.6 Å². The largest absolute Gasteiger partial charge is 0.468 e. The second-order valence-electron chi connectivity index (χ2n) is 5.27. The number of aromatic nitrogens is 1. The van der Waals surface area contributed by atoms with E-state index in [1.807, 2.05) is 12.1 Å². The van der Waals surface area contributed by atoms with E-state index in [1.165, 1.54) is 22.2 Å². The smallest absolute Gasteiger partial charge is 0.120 e. The highest BCUT2D eigenvalue weighted by Gasteiger charge is 2.13. The van der Waals surface area contributed by atoms with Gasteiger partial charge in [-0.25, -0.2) is 0 Å². The highest BCUT2D eigenvalue weighted by molar-refractivity contribution is 5.85. The van der Waals surface area contributed by atoms with Gasteiger partial charge >= 0.3 is 0 Å². The summed E-state index contributed by atoms with van der Waals surface area (Å²) in [6.07, 6.45) is 1.72. The van der Waals surface area contributed by atoms with E-state index in [1.54, 1.807) is 6.26 Å². The minimum Gasteiger partial charge on any atom is -0.468 e. The number of para-hydroxylation sites is 1. The van der Waals surface area contributed by atoms with Crippen molar-refractivity contribution >= 4 is 10.9 Å². The van der Waals surface area contributed by atoms with Crippen LogP contribution in [0.3, 0.4) is 0 Å². The van der Waals surface area contributed by atoms with Crippen LogP contribution in [0.2, 0.25) is 0 Å². The zero-order valence-corrected chi connectivity index (χ0v) is 12.2. The van der Waals surface area contributed by atoms with E-state index >= 15 is 0 Å². The number of nitrogens with one attached hydrogen (secondary N) is 1. The molecule has 0 amide bonds. The summed E-state index contributed by atoms with van der Waals surface area (Å²) in [6, 6.07) is 12.7. The van der Waals surface area contributed by atoms with Crippen LogP contribution in [-0.4, -0.2) is 4.57 Å². The zero-order chi connectivity index (χ0) is 14.1. The summed E-state index contributed by atoms with van der Waals surface area (Å²) in [5.41, 5.74) is 3.96. The summed E-state index contributed by atoms with van der Waals surface area (Å²) in [4.78, 5) is 0. The normalized spacial score (nSPS) is 12.9. The van der Waals surface area contributed by atoms with Gasteiger partial charge in [-0.2, -0.15) is 0 Å². The fourth-order valence-electron chi connectivity index (χ4n) is 2.77. The summed E-state index contributed by atoms with van der Waals surface area (Å²) in [6.45, 7) is 5.15. The van der Waals surface area contributed by atoms with Crippen molar-refractivity contribution in [3.63, 3.8) is 0 Å². The molecular weight excluding hydrogens is 248 g/mol. The lowest BCUT2D eigenvalue weighted by Crippen LogP contribution is -2.19. The number of hydrogen-bond donors (Lipinski definition) is 1. The molecule has 0 aliphatic rings. The molecule has 3 rings (SSSR count). The van der Waals surface area contributed by atoms with Gasteiger partial charge in [0.05, 0.1) is 12.3 Å². The van der Waals surface area contributed by atoms with Crippen LogP contribution >= 0.6 is 0 Å². The van der Waals surface area contributed by atoms with Crippen LogP contribution in [0, 0.1) is 6.92 Å². The average Bonchev–Trinajstić information content (AvgIpc) is 3.07. The molecule has 0 radical (unpaired) electrons. The highest BCUT2D eigenvalue weighted by atomic mass is 16.3. The summed E-state index contributed by atoms with van der Waals surface area (Å²) in [5.74, 6) is 0.974. The molecular formula is C17H20N2O. The van der Waals surface area contributed by atoms with E-state index in [4.69, 9.17) is 4.42 Å². The number of nitrogens with zero attached hydrogens (tertiary/aromatic N) is 1. The van der Waals surface area contributed by atoms with Crippen molar-refractivity contribution in [1.29, 1.82) is 0 Å². The van der Waals surface area contributed by atoms with E-state index in [2.05, 4.69) is 55.0 Å². The fourth-order valence-corrected chi connectivity index (χ4v) is 2.77. The molecule has 0 aliphatic carbocycles. The van der Waals surface area contributed by atoms with Crippen molar-refractivity contribution in [2.45, 2.75) is 26.4 Å². The van der Waals surface area contributed by atoms with Crippen LogP contribution in [0.25, 0.3) is 10.9 Å². The third kappa shape index (κ3) is 2.14. The van der Waals surface area contributed by atoms with Crippen molar-refractivity contribution in [2.24, 2.45) is 7.05 Å². The molecule has 0 bridgehead atoms. The Hall–Kier alpha value is -2.00. The number of fused-ring (bicyclic) bond motifs is 1. The van der Waals surface area contributed by atoms with Crippen molar-refractivity contribution in [3.8, 4) is 0 Å². The number of aryl methyl sites for hydroxylation is 2. The summed E-state index contributed by atoms with van der Waals surface area (Å²) in [7, 11) is 2.13. The Bertz CT molecular complexity index is 671. The molecule has 3 aromatic rings. The van der Waals surface area contributed by atoms with Crippen LogP contribution in [-0.2, 0) is 13.6 Å². The third-order valence-electron chi connectivity index (χ3n) is 4.05. The molecule has 0 saturated carbocycles. The molecule has 0 unspecified atom stereocenters. The van der Waals surface area contributed by atoms with Gasteiger partial charge < -0.3 is 14.3 Å². The quantitative estimate of drug-likeness (QED) is 0.777. The molecule has 0 spiro atoms. The molecule has 3 nitrogen and oxygen atoms in total. The lowest BCUT2D eigenvalue weighted by molar-refractivity contribution is 0.427.